The lowest BCUT2D eigenvalue weighted by molar-refractivity contribution is -0.135. The van der Waals surface area contributed by atoms with Crippen molar-refractivity contribution in [1.82, 2.24) is 10.2 Å². The lowest BCUT2D eigenvalue weighted by Crippen LogP contribution is -2.45. The predicted octanol–water partition coefficient (Wildman–Crippen LogP) is 4.26. The highest BCUT2D eigenvalue weighted by atomic mass is 35.5. The van der Waals surface area contributed by atoms with Gasteiger partial charge in [0.1, 0.15) is 0 Å². The fourth-order valence-corrected chi connectivity index (χ4v) is 4.09. The molecule has 29 heavy (non-hydrogen) atoms. The van der Waals surface area contributed by atoms with Gasteiger partial charge >= 0.3 is 0 Å². The molecule has 2 aromatic carbocycles. The average Bonchev–Trinajstić information content (AvgIpc) is 2.72. The Hall–Kier alpha value is -2.33. The average molecular weight is 413 g/mol. The molecule has 1 aliphatic heterocycles. The Morgan fingerprint density at radius 2 is 1.76 bits per heavy atom. The molecule has 0 bridgehead atoms. The maximum absolute atomic E-state index is 12.6. The highest BCUT2D eigenvalue weighted by Gasteiger charge is 2.27. The van der Waals surface area contributed by atoms with Crippen molar-refractivity contribution >= 4 is 23.4 Å². The van der Waals surface area contributed by atoms with Crippen LogP contribution in [0, 0.1) is 5.92 Å². The monoisotopic (exact) mass is 412 g/mol. The van der Waals surface area contributed by atoms with Crippen molar-refractivity contribution in [2.24, 2.45) is 5.92 Å². The van der Waals surface area contributed by atoms with Gasteiger partial charge in [-0.2, -0.15) is 0 Å². The Bertz CT molecular complexity index is 817. The molecule has 2 aromatic rings. The van der Waals surface area contributed by atoms with Crippen LogP contribution in [0.5, 0.6) is 0 Å². The third kappa shape index (κ3) is 6.60. The summed E-state index contributed by atoms with van der Waals surface area (Å²) in [5.74, 6) is 0.257. The van der Waals surface area contributed by atoms with E-state index in [4.69, 9.17) is 11.6 Å². The molecule has 0 aromatic heterocycles. The molecular weight excluding hydrogens is 384 g/mol. The maximum atomic E-state index is 12.6. The Labute approximate surface area is 178 Å². The maximum Gasteiger partial charge on any atom is 0.223 e. The van der Waals surface area contributed by atoms with Crippen molar-refractivity contribution in [2.75, 3.05) is 13.1 Å². The third-order valence-corrected chi connectivity index (χ3v) is 5.74. The van der Waals surface area contributed by atoms with Gasteiger partial charge in [-0.1, -0.05) is 54.1 Å². The number of carbonyl (C=O) groups is 2. The van der Waals surface area contributed by atoms with Crippen LogP contribution in [0.4, 0.5) is 0 Å². The highest BCUT2D eigenvalue weighted by Crippen LogP contribution is 2.19. The molecule has 1 N–H and O–H groups in total. The van der Waals surface area contributed by atoms with E-state index in [0.29, 0.717) is 24.5 Å². The zero-order valence-corrected chi connectivity index (χ0v) is 17.7. The second kappa shape index (κ2) is 10.4. The standard InChI is InChI=1S/C24H29ClN2O2/c1-18(16-20-8-5-9-22(25)17-20)26-24(29)21-12-14-27(15-13-21)23(28)11-10-19-6-3-2-4-7-19/h2-9,17-18,21H,10-16H2,1H3,(H,26,29)/t18-/m0/s1. The molecule has 1 saturated heterocycles. The van der Waals surface area contributed by atoms with Gasteiger partial charge in [0.25, 0.3) is 0 Å². The number of nitrogens with one attached hydrogen (secondary N) is 1. The van der Waals surface area contributed by atoms with Gasteiger partial charge in [-0.05, 0) is 55.9 Å². The molecule has 1 fully saturated rings. The molecule has 4 nitrogen and oxygen atoms in total. The van der Waals surface area contributed by atoms with E-state index < -0.39 is 0 Å². The largest absolute Gasteiger partial charge is 0.353 e. The lowest BCUT2D eigenvalue weighted by atomic mass is 9.94. The van der Waals surface area contributed by atoms with E-state index >= 15 is 0 Å². The molecule has 154 valence electrons. The van der Waals surface area contributed by atoms with Crippen molar-refractivity contribution in [1.29, 1.82) is 0 Å². The van der Waals surface area contributed by atoms with Gasteiger partial charge in [-0.15, -0.1) is 0 Å². The van der Waals surface area contributed by atoms with Gasteiger partial charge in [0.15, 0.2) is 0 Å². The minimum Gasteiger partial charge on any atom is -0.353 e. The van der Waals surface area contributed by atoms with Crippen molar-refractivity contribution in [2.45, 2.75) is 45.1 Å². The highest BCUT2D eigenvalue weighted by molar-refractivity contribution is 6.30. The first kappa shape index (κ1) is 21.4. The summed E-state index contributed by atoms with van der Waals surface area (Å²) in [4.78, 5) is 27.0. The molecule has 2 amide bonds. The molecular formula is C24H29ClN2O2. The fraction of sp³-hybridized carbons (Fsp3) is 0.417. The van der Waals surface area contributed by atoms with Crippen molar-refractivity contribution in [3.8, 4) is 0 Å². The van der Waals surface area contributed by atoms with Crippen LogP contribution in [-0.2, 0) is 22.4 Å². The molecule has 0 unspecified atom stereocenters. The number of likely N-dealkylation sites (tertiary alicyclic amines) is 1. The molecule has 5 heteroatoms. The van der Waals surface area contributed by atoms with Crippen LogP contribution in [0.2, 0.25) is 5.02 Å². The zero-order valence-electron chi connectivity index (χ0n) is 16.9. The number of nitrogens with zero attached hydrogens (tertiary/aromatic N) is 1. The Balaban J connectivity index is 1.40. The number of aryl methyl sites for hydroxylation is 1. The van der Waals surface area contributed by atoms with Crippen molar-refractivity contribution in [3.05, 3.63) is 70.7 Å². The second-order valence-corrected chi connectivity index (χ2v) is 8.32. The first-order valence-corrected chi connectivity index (χ1v) is 10.8. The number of halogens is 1. The minimum absolute atomic E-state index is 0.0185. The second-order valence-electron chi connectivity index (χ2n) is 7.88. The number of rotatable bonds is 7. The molecule has 1 atom stereocenters. The number of amides is 2. The lowest BCUT2D eigenvalue weighted by Gasteiger charge is -2.32. The first-order chi connectivity index (χ1) is 14.0. The zero-order chi connectivity index (χ0) is 20.6. The molecule has 1 heterocycles. The molecule has 0 radical (unpaired) electrons. The molecule has 0 spiro atoms. The van der Waals surface area contributed by atoms with Gasteiger partial charge in [0.2, 0.25) is 11.8 Å². The third-order valence-electron chi connectivity index (χ3n) is 5.51. The first-order valence-electron chi connectivity index (χ1n) is 10.4. The topological polar surface area (TPSA) is 49.4 Å². The molecule has 3 rings (SSSR count). The summed E-state index contributed by atoms with van der Waals surface area (Å²) in [6.07, 6.45) is 3.50. The predicted molar refractivity (Wildman–Crippen MR) is 117 cm³/mol. The summed E-state index contributed by atoms with van der Waals surface area (Å²) in [6.45, 7) is 3.34. The van der Waals surface area contributed by atoms with Crippen LogP contribution in [0.3, 0.4) is 0 Å². The summed E-state index contributed by atoms with van der Waals surface area (Å²) < 4.78 is 0. The van der Waals surface area contributed by atoms with Crippen molar-refractivity contribution < 1.29 is 9.59 Å². The fourth-order valence-electron chi connectivity index (χ4n) is 3.87. The number of hydrogen-bond acceptors (Lipinski definition) is 2. The van der Waals surface area contributed by atoms with Gasteiger partial charge in [0.05, 0.1) is 0 Å². The molecule has 0 aliphatic carbocycles. The summed E-state index contributed by atoms with van der Waals surface area (Å²) in [6, 6.07) is 17.9. The number of hydrogen-bond donors (Lipinski definition) is 1. The number of benzene rings is 2. The normalized spacial score (nSPS) is 15.7. The van der Waals surface area contributed by atoms with Gasteiger partial charge in [0, 0.05) is 36.5 Å². The van der Waals surface area contributed by atoms with E-state index in [0.717, 1.165) is 31.2 Å². The summed E-state index contributed by atoms with van der Waals surface area (Å²) >= 11 is 6.03. The van der Waals surface area contributed by atoms with Crippen LogP contribution >= 0.6 is 11.6 Å². The Kier molecular flexibility index (Phi) is 7.70. The van der Waals surface area contributed by atoms with Crippen molar-refractivity contribution in [3.63, 3.8) is 0 Å². The van der Waals surface area contributed by atoms with E-state index in [9.17, 15) is 9.59 Å². The summed E-state index contributed by atoms with van der Waals surface area (Å²) in [7, 11) is 0. The van der Waals surface area contributed by atoms with E-state index in [1.165, 1.54) is 5.56 Å². The van der Waals surface area contributed by atoms with Crippen LogP contribution in [0.25, 0.3) is 0 Å². The summed E-state index contributed by atoms with van der Waals surface area (Å²) in [5, 5.41) is 3.84. The quantitative estimate of drug-likeness (QED) is 0.738. The Morgan fingerprint density at radius 3 is 2.45 bits per heavy atom. The molecule has 0 saturated carbocycles. The van der Waals surface area contributed by atoms with Crippen LogP contribution in [0.15, 0.2) is 54.6 Å². The van der Waals surface area contributed by atoms with E-state index in [1.807, 2.05) is 54.3 Å². The van der Waals surface area contributed by atoms with E-state index in [-0.39, 0.29) is 23.8 Å². The Morgan fingerprint density at radius 1 is 1.07 bits per heavy atom. The van der Waals surface area contributed by atoms with E-state index in [2.05, 4.69) is 17.4 Å². The van der Waals surface area contributed by atoms with Crippen LogP contribution < -0.4 is 5.32 Å². The summed E-state index contributed by atoms with van der Waals surface area (Å²) in [5.41, 5.74) is 2.30. The smallest absolute Gasteiger partial charge is 0.223 e. The SMILES string of the molecule is C[C@@H](Cc1cccc(Cl)c1)NC(=O)C1CCN(C(=O)CCc2ccccc2)CC1. The van der Waals surface area contributed by atoms with Crippen LogP contribution in [0.1, 0.15) is 37.3 Å². The number of carbonyl (C=O) groups excluding carboxylic acids is 2. The van der Waals surface area contributed by atoms with Gasteiger partial charge in [-0.3, -0.25) is 9.59 Å². The number of piperidine rings is 1. The van der Waals surface area contributed by atoms with E-state index in [1.54, 1.807) is 0 Å². The van der Waals surface area contributed by atoms with Gasteiger partial charge < -0.3 is 10.2 Å². The van der Waals surface area contributed by atoms with Crippen LogP contribution in [-0.4, -0.2) is 35.8 Å². The molecule has 1 aliphatic rings. The van der Waals surface area contributed by atoms with Gasteiger partial charge in [-0.25, -0.2) is 0 Å². The minimum atomic E-state index is -0.0185.